The van der Waals surface area contributed by atoms with E-state index in [1.807, 2.05) is 37.3 Å². The number of aromatic nitrogens is 1. The van der Waals surface area contributed by atoms with Crippen LogP contribution in [0.4, 0.5) is 16.3 Å². The maximum Gasteiger partial charge on any atom is 0.413 e. The fourth-order valence-corrected chi connectivity index (χ4v) is 2.84. The van der Waals surface area contributed by atoms with E-state index in [-0.39, 0.29) is 6.10 Å². The number of hydrogen-bond donors (Lipinski definition) is 1. The fourth-order valence-electron chi connectivity index (χ4n) is 2.71. The van der Waals surface area contributed by atoms with Crippen LogP contribution >= 0.6 is 11.6 Å². The van der Waals surface area contributed by atoms with Crippen molar-refractivity contribution in [2.75, 3.05) is 23.3 Å². The maximum absolute atomic E-state index is 12.0. The Balaban J connectivity index is 1.47. The molecule has 0 saturated carbocycles. The molecule has 0 atom stereocenters. The van der Waals surface area contributed by atoms with Gasteiger partial charge in [-0.3, -0.25) is 5.32 Å². The maximum atomic E-state index is 12.0. The van der Waals surface area contributed by atoms with E-state index in [9.17, 15) is 4.79 Å². The van der Waals surface area contributed by atoms with Crippen molar-refractivity contribution in [1.29, 1.82) is 0 Å². The molecule has 3 rings (SSSR count). The van der Waals surface area contributed by atoms with Gasteiger partial charge >= 0.3 is 6.09 Å². The number of ether oxygens (including phenoxy) is 1. The summed E-state index contributed by atoms with van der Waals surface area (Å²) in [5.74, 6) is 0.504. The zero-order valence-corrected chi connectivity index (χ0v) is 14.3. The van der Waals surface area contributed by atoms with E-state index in [0.29, 0.717) is 5.82 Å². The van der Waals surface area contributed by atoms with Gasteiger partial charge in [-0.15, -0.1) is 0 Å². The molecule has 1 N–H and O–H groups in total. The van der Waals surface area contributed by atoms with Gasteiger partial charge in [0.2, 0.25) is 0 Å². The highest BCUT2D eigenvalue weighted by atomic mass is 35.5. The van der Waals surface area contributed by atoms with Crippen LogP contribution in [0.1, 0.15) is 18.4 Å². The Bertz CT molecular complexity index is 680. The van der Waals surface area contributed by atoms with Gasteiger partial charge in [0.15, 0.2) is 0 Å². The molecule has 1 aromatic carbocycles. The number of piperidine rings is 1. The second-order valence-corrected chi connectivity index (χ2v) is 6.35. The molecule has 126 valence electrons. The van der Waals surface area contributed by atoms with Gasteiger partial charge in [-0.25, -0.2) is 9.78 Å². The normalized spacial score (nSPS) is 15.2. The summed E-state index contributed by atoms with van der Waals surface area (Å²) >= 11 is 5.92. The van der Waals surface area contributed by atoms with E-state index < -0.39 is 6.09 Å². The summed E-state index contributed by atoms with van der Waals surface area (Å²) in [5.41, 5.74) is 2.19. The molecule has 1 amide bonds. The summed E-state index contributed by atoms with van der Waals surface area (Å²) in [6.07, 6.45) is 2.80. The quantitative estimate of drug-likeness (QED) is 0.903. The summed E-state index contributed by atoms with van der Waals surface area (Å²) in [6.45, 7) is 3.65. The lowest BCUT2D eigenvalue weighted by molar-refractivity contribution is 0.0950. The second kappa shape index (κ2) is 7.53. The van der Waals surface area contributed by atoms with Crippen LogP contribution in [0.3, 0.4) is 0 Å². The molecule has 0 spiro atoms. The Kier molecular flexibility index (Phi) is 5.20. The molecular weight excluding hydrogens is 326 g/mol. The van der Waals surface area contributed by atoms with Crippen LogP contribution in [0.5, 0.6) is 0 Å². The number of aryl methyl sites for hydroxylation is 1. The molecule has 5 nitrogen and oxygen atoms in total. The predicted molar refractivity (Wildman–Crippen MR) is 95.8 cm³/mol. The summed E-state index contributed by atoms with van der Waals surface area (Å²) in [4.78, 5) is 18.4. The SMILES string of the molecule is Cc1ccc(NC(=O)OC2CCN(c3ccc(Cl)cc3)CC2)nc1. The number of pyridine rings is 1. The van der Waals surface area contributed by atoms with Gasteiger partial charge in [-0.2, -0.15) is 0 Å². The third-order valence-corrected chi connectivity index (χ3v) is 4.30. The van der Waals surface area contributed by atoms with E-state index in [0.717, 1.165) is 42.2 Å². The van der Waals surface area contributed by atoms with Gasteiger partial charge in [0, 0.05) is 42.8 Å². The average Bonchev–Trinajstić information content (AvgIpc) is 2.58. The Hall–Kier alpha value is -2.27. The molecule has 1 saturated heterocycles. The number of halogens is 1. The molecule has 6 heteroatoms. The van der Waals surface area contributed by atoms with Crippen LogP contribution in [0.2, 0.25) is 5.02 Å². The average molecular weight is 346 g/mol. The summed E-state index contributed by atoms with van der Waals surface area (Å²) in [6, 6.07) is 11.5. The zero-order chi connectivity index (χ0) is 16.9. The minimum absolute atomic E-state index is 0.0704. The molecular formula is C18H20ClN3O2. The highest BCUT2D eigenvalue weighted by molar-refractivity contribution is 6.30. The van der Waals surface area contributed by atoms with Gasteiger partial charge in [0.1, 0.15) is 11.9 Å². The molecule has 2 aromatic rings. The topological polar surface area (TPSA) is 54.5 Å². The minimum atomic E-state index is -0.448. The first kappa shape index (κ1) is 16.6. The number of carbonyl (C=O) groups is 1. The fraction of sp³-hybridized carbons (Fsp3) is 0.333. The lowest BCUT2D eigenvalue weighted by Gasteiger charge is -2.33. The Labute approximate surface area is 146 Å². The largest absolute Gasteiger partial charge is 0.446 e. The van der Waals surface area contributed by atoms with Crippen molar-refractivity contribution >= 4 is 29.2 Å². The number of amides is 1. The number of nitrogens with one attached hydrogen (secondary N) is 1. The Morgan fingerprint density at radius 2 is 1.92 bits per heavy atom. The number of carbonyl (C=O) groups excluding carboxylic acids is 1. The first-order valence-corrected chi connectivity index (χ1v) is 8.39. The lowest BCUT2D eigenvalue weighted by Crippen LogP contribution is -2.38. The van der Waals surface area contributed by atoms with Gasteiger partial charge in [-0.1, -0.05) is 17.7 Å². The number of rotatable bonds is 3. The molecule has 0 unspecified atom stereocenters. The molecule has 1 aliphatic heterocycles. The lowest BCUT2D eigenvalue weighted by atomic mass is 10.1. The number of anilines is 2. The van der Waals surface area contributed by atoms with Crippen LogP contribution in [0.25, 0.3) is 0 Å². The zero-order valence-electron chi connectivity index (χ0n) is 13.5. The van der Waals surface area contributed by atoms with Crippen LogP contribution in [0, 0.1) is 6.92 Å². The van der Waals surface area contributed by atoms with E-state index in [1.54, 1.807) is 12.3 Å². The van der Waals surface area contributed by atoms with Crippen LogP contribution in [0.15, 0.2) is 42.6 Å². The summed E-state index contributed by atoms with van der Waals surface area (Å²) in [5, 5.41) is 3.40. The molecule has 24 heavy (non-hydrogen) atoms. The smallest absolute Gasteiger partial charge is 0.413 e. The van der Waals surface area contributed by atoms with Crippen LogP contribution in [-0.4, -0.2) is 30.3 Å². The highest BCUT2D eigenvalue weighted by Gasteiger charge is 2.22. The molecule has 0 radical (unpaired) electrons. The molecule has 0 aliphatic carbocycles. The molecule has 0 bridgehead atoms. The Morgan fingerprint density at radius 1 is 1.21 bits per heavy atom. The molecule has 1 aromatic heterocycles. The van der Waals surface area contributed by atoms with Gasteiger partial charge in [-0.05, 0) is 42.8 Å². The van der Waals surface area contributed by atoms with Crippen molar-refractivity contribution in [2.24, 2.45) is 0 Å². The summed E-state index contributed by atoms with van der Waals surface area (Å²) < 4.78 is 5.49. The van der Waals surface area contributed by atoms with Crippen molar-refractivity contribution in [3.05, 3.63) is 53.2 Å². The number of nitrogens with zero attached hydrogens (tertiary/aromatic N) is 2. The second-order valence-electron chi connectivity index (χ2n) is 5.91. The first-order valence-electron chi connectivity index (χ1n) is 8.01. The van der Waals surface area contributed by atoms with Crippen molar-refractivity contribution < 1.29 is 9.53 Å². The minimum Gasteiger partial charge on any atom is -0.446 e. The van der Waals surface area contributed by atoms with E-state index >= 15 is 0 Å². The standard InChI is InChI=1S/C18H20ClN3O2/c1-13-2-7-17(20-12-13)21-18(23)24-16-8-10-22(11-9-16)15-5-3-14(19)4-6-15/h2-7,12,16H,8-11H2,1H3,(H,20,21,23). The van der Waals surface area contributed by atoms with Crippen LogP contribution < -0.4 is 10.2 Å². The van der Waals surface area contributed by atoms with E-state index in [2.05, 4.69) is 15.2 Å². The van der Waals surface area contributed by atoms with E-state index in [1.165, 1.54) is 0 Å². The van der Waals surface area contributed by atoms with E-state index in [4.69, 9.17) is 16.3 Å². The van der Waals surface area contributed by atoms with Crippen LogP contribution in [-0.2, 0) is 4.74 Å². The van der Waals surface area contributed by atoms with Gasteiger partial charge in [0.25, 0.3) is 0 Å². The van der Waals surface area contributed by atoms with Gasteiger partial charge in [0.05, 0.1) is 0 Å². The van der Waals surface area contributed by atoms with Gasteiger partial charge < -0.3 is 9.64 Å². The van der Waals surface area contributed by atoms with Crippen molar-refractivity contribution in [3.8, 4) is 0 Å². The molecule has 1 aliphatic rings. The number of hydrogen-bond acceptors (Lipinski definition) is 4. The number of benzene rings is 1. The highest BCUT2D eigenvalue weighted by Crippen LogP contribution is 2.23. The van der Waals surface area contributed by atoms with Crippen molar-refractivity contribution in [1.82, 2.24) is 4.98 Å². The molecule has 2 heterocycles. The summed E-state index contributed by atoms with van der Waals surface area (Å²) in [7, 11) is 0. The third-order valence-electron chi connectivity index (χ3n) is 4.05. The molecule has 1 fully saturated rings. The van der Waals surface area contributed by atoms with Crippen molar-refractivity contribution in [3.63, 3.8) is 0 Å². The van der Waals surface area contributed by atoms with Crippen molar-refractivity contribution in [2.45, 2.75) is 25.9 Å². The Morgan fingerprint density at radius 3 is 2.54 bits per heavy atom. The first-order chi connectivity index (χ1) is 11.6. The monoisotopic (exact) mass is 345 g/mol. The predicted octanol–water partition coefficient (Wildman–Crippen LogP) is 4.26. The third kappa shape index (κ3) is 4.38.